The number of hydrogen-bond acceptors (Lipinski definition) is 4. The minimum atomic E-state index is 0.272. The van der Waals surface area contributed by atoms with E-state index in [0.29, 0.717) is 15.8 Å². The first-order valence-corrected chi connectivity index (χ1v) is 5.46. The molecule has 2 heterocycles. The second-order valence-electron chi connectivity index (χ2n) is 3.60. The van der Waals surface area contributed by atoms with Gasteiger partial charge >= 0.3 is 0 Å². The highest BCUT2D eigenvalue weighted by Crippen LogP contribution is 2.19. The number of H-pyrrole nitrogens is 2. The Hall–Kier alpha value is -2.21. The Bertz CT molecular complexity index is 728. The fraction of sp³-hybridized carbons (Fsp3) is 0. The summed E-state index contributed by atoms with van der Waals surface area (Å²) in [6, 6.07) is 9.80. The molecule has 0 radical (unpaired) electrons. The van der Waals surface area contributed by atoms with Crippen LogP contribution < -0.4 is 5.73 Å². The Morgan fingerprint density at radius 2 is 1.82 bits per heavy atom. The van der Waals surface area contributed by atoms with Crippen LogP contribution in [-0.2, 0) is 0 Å². The molecule has 0 bridgehead atoms. The lowest BCUT2D eigenvalue weighted by atomic mass is 10.2. The first-order chi connectivity index (χ1) is 8.24. The number of anilines is 1. The van der Waals surface area contributed by atoms with Crippen LogP contribution in [-0.4, -0.2) is 19.9 Å². The fourth-order valence-corrected chi connectivity index (χ4v) is 1.91. The molecule has 84 valence electrons. The summed E-state index contributed by atoms with van der Waals surface area (Å²) < 4.78 is 0.422. The maximum atomic E-state index is 5.59. The largest absolute Gasteiger partial charge is 0.369 e. The molecule has 6 heteroatoms. The van der Waals surface area contributed by atoms with E-state index in [9.17, 15) is 0 Å². The maximum Gasteiger partial charge on any atom is 0.200 e. The number of nitrogens with zero attached hydrogens (tertiary/aromatic N) is 2. The van der Waals surface area contributed by atoms with Crippen LogP contribution in [0.25, 0.3) is 22.6 Å². The van der Waals surface area contributed by atoms with E-state index in [4.69, 9.17) is 18.0 Å². The SMILES string of the molecule is Nc1nc(=S)c2[nH]c(-c3ccccc3)nc2[nH]1. The summed E-state index contributed by atoms with van der Waals surface area (Å²) >= 11 is 5.12. The molecule has 0 saturated carbocycles. The number of nitrogen functional groups attached to an aromatic ring is 1. The van der Waals surface area contributed by atoms with Crippen molar-refractivity contribution in [1.29, 1.82) is 0 Å². The number of hydrogen-bond donors (Lipinski definition) is 3. The molecule has 0 amide bonds. The predicted molar refractivity (Wildman–Crippen MR) is 68.9 cm³/mol. The fourth-order valence-electron chi connectivity index (χ4n) is 1.67. The Labute approximate surface area is 102 Å². The van der Waals surface area contributed by atoms with Gasteiger partial charge in [0.05, 0.1) is 0 Å². The molecular weight excluding hydrogens is 234 g/mol. The molecule has 17 heavy (non-hydrogen) atoms. The van der Waals surface area contributed by atoms with Crippen LogP contribution in [0.4, 0.5) is 5.95 Å². The van der Waals surface area contributed by atoms with Gasteiger partial charge in [0.2, 0.25) is 5.95 Å². The van der Waals surface area contributed by atoms with Gasteiger partial charge < -0.3 is 15.7 Å². The molecule has 0 aliphatic carbocycles. The zero-order chi connectivity index (χ0) is 11.8. The van der Waals surface area contributed by atoms with Gasteiger partial charge in [0.25, 0.3) is 0 Å². The molecule has 0 saturated heterocycles. The van der Waals surface area contributed by atoms with Gasteiger partial charge in [-0.15, -0.1) is 0 Å². The molecule has 4 N–H and O–H groups in total. The zero-order valence-corrected chi connectivity index (χ0v) is 9.58. The van der Waals surface area contributed by atoms with Gasteiger partial charge in [-0.25, -0.2) is 9.97 Å². The average molecular weight is 243 g/mol. The Morgan fingerprint density at radius 3 is 2.59 bits per heavy atom. The lowest BCUT2D eigenvalue weighted by molar-refractivity contribution is 1.20. The van der Waals surface area contributed by atoms with E-state index in [0.717, 1.165) is 11.4 Å². The molecule has 0 aliphatic heterocycles. The van der Waals surface area contributed by atoms with Crippen LogP contribution in [0.15, 0.2) is 30.3 Å². The average Bonchev–Trinajstić information content (AvgIpc) is 2.74. The lowest BCUT2D eigenvalue weighted by Crippen LogP contribution is -1.94. The number of aromatic amines is 2. The van der Waals surface area contributed by atoms with Crippen molar-refractivity contribution in [2.45, 2.75) is 0 Å². The smallest absolute Gasteiger partial charge is 0.200 e. The van der Waals surface area contributed by atoms with Crippen molar-refractivity contribution in [2.75, 3.05) is 5.73 Å². The molecule has 0 unspecified atom stereocenters. The summed E-state index contributed by atoms with van der Waals surface area (Å²) in [7, 11) is 0. The van der Waals surface area contributed by atoms with Crippen LogP contribution in [0.2, 0.25) is 0 Å². The van der Waals surface area contributed by atoms with Gasteiger partial charge in [-0.1, -0.05) is 42.5 Å². The van der Waals surface area contributed by atoms with Gasteiger partial charge in [0.15, 0.2) is 10.3 Å². The molecule has 0 fully saturated rings. The topological polar surface area (TPSA) is 83.4 Å². The van der Waals surface area contributed by atoms with Crippen molar-refractivity contribution in [3.8, 4) is 11.4 Å². The van der Waals surface area contributed by atoms with E-state index in [1.165, 1.54) is 0 Å². The Morgan fingerprint density at radius 1 is 1.06 bits per heavy atom. The minimum absolute atomic E-state index is 0.272. The molecular formula is C11H9N5S. The van der Waals surface area contributed by atoms with Gasteiger partial charge in [0.1, 0.15) is 11.3 Å². The van der Waals surface area contributed by atoms with Gasteiger partial charge in [-0.05, 0) is 0 Å². The van der Waals surface area contributed by atoms with Crippen LogP contribution >= 0.6 is 12.2 Å². The highest BCUT2D eigenvalue weighted by Gasteiger charge is 2.07. The van der Waals surface area contributed by atoms with E-state index in [-0.39, 0.29) is 5.95 Å². The lowest BCUT2D eigenvalue weighted by Gasteiger charge is -1.92. The predicted octanol–water partition coefficient (Wildman–Crippen LogP) is 2.26. The van der Waals surface area contributed by atoms with Gasteiger partial charge in [-0.3, -0.25) is 0 Å². The third-order valence-electron chi connectivity index (χ3n) is 2.43. The van der Waals surface area contributed by atoms with Gasteiger partial charge in [0, 0.05) is 5.56 Å². The molecule has 3 rings (SSSR count). The number of fused-ring (bicyclic) bond motifs is 1. The summed E-state index contributed by atoms with van der Waals surface area (Å²) in [5, 5.41) is 0. The number of imidazole rings is 1. The summed E-state index contributed by atoms with van der Waals surface area (Å²) in [5.74, 6) is 1.02. The van der Waals surface area contributed by atoms with E-state index in [1.54, 1.807) is 0 Å². The molecule has 0 atom stereocenters. The second kappa shape index (κ2) is 3.67. The van der Waals surface area contributed by atoms with E-state index >= 15 is 0 Å². The van der Waals surface area contributed by atoms with E-state index in [1.807, 2.05) is 30.3 Å². The first-order valence-electron chi connectivity index (χ1n) is 5.05. The maximum absolute atomic E-state index is 5.59. The third kappa shape index (κ3) is 1.68. The molecule has 1 aromatic carbocycles. The first kappa shape index (κ1) is 9.98. The standard InChI is InChI=1S/C11H9N5S/c12-11-15-9-7(10(17)16-11)13-8(14-9)6-4-2-1-3-5-6/h1-5H,(H4,12,13,14,15,16,17). The zero-order valence-electron chi connectivity index (χ0n) is 8.77. The van der Waals surface area contributed by atoms with Crippen molar-refractivity contribution in [2.24, 2.45) is 0 Å². The Balaban J connectivity index is 2.28. The molecule has 0 spiro atoms. The van der Waals surface area contributed by atoms with Crippen molar-refractivity contribution in [3.05, 3.63) is 35.0 Å². The number of rotatable bonds is 1. The quantitative estimate of drug-likeness (QED) is 0.572. The van der Waals surface area contributed by atoms with Crippen LogP contribution in [0.5, 0.6) is 0 Å². The number of nitrogens with one attached hydrogen (secondary N) is 2. The summed E-state index contributed by atoms with van der Waals surface area (Å²) in [6.07, 6.45) is 0. The van der Waals surface area contributed by atoms with Crippen molar-refractivity contribution >= 4 is 29.3 Å². The monoisotopic (exact) mass is 243 g/mol. The summed E-state index contributed by atoms with van der Waals surface area (Å²) in [6.45, 7) is 0. The highest BCUT2D eigenvalue weighted by atomic mass is 32.1. The molecule has 5 nitrogen and oxygen atoms in total. The van der Waals surface area contributed by atoms with Crippen LogP contribution in [0.3, 0.4) is 0 Å². The van der Waals surface area contributed by atoms with Crippen molar-refractivity contribution in [3.63, 3.8) is 0 Å². The summed E-state index contributed by atoms with van der Waals surface area (Å²) in [4.78, 5) is 14.4. The minimum Gasteiger partial charge on any atom is -0.369 e. The van der Waals surface area contributed by atoms with Crippen molar-refractivity contribution in [1.82, 2.24) is 19.9 Å². The second-order valence-corrected chi connectivity index (χ2v) is 3.99. The van der Waals surface area contributed by atoms with Crippen LogP contribution in [0, 0.1) is 4.64 Å². The Kier molecular flexibility index (Phi) is 2.15. The van der Waals surface area contributed by atoms with E-state index in [2.05, 4.69) is 19.9 Å². The highest BCUT2D eigenvalue weighted by molar-refractivity contribution is 7.71. The number of nitrogens with two attached hydrogens (primary N) is 1. The molecule has 2 aromatic heterocycles. The van der Waals surface area contributed by atoms with Crippen molar-refractivity contribution < 1.29 is 0 Å². The number of aromatic nitrogens is 4. The third-order valence-corrected chi connectivity index (χ3v) is 2.73. The van der Waals surface area contributed by atoms with E-state index < -0.39 is 0 Å². The van der Waals surface area contributed by atoms with Gasteiger partial charge in [-0.2, -0.15) is 0 Å². The molecule has 3 aromatic rings. The number of benzene rings is 1. The normalized spacial score (nSPS) is 10.8. The molecule has 0 aliphatic rings. The summed E-state index contributed by atoms with van der Waals surface area (Å²) in [5.41, 5.74) is 7.90. The van der Waals surface area contributed by atoms with Crippen LogP contribution in [0.1, 0.15) is 0 Å².